The van der Waals surface area contributed by atoms with E-state index in [9.17, 15) is 5.11 Å². The van der Waals surface area contributed by atoms with E-state index in [0.717, 1.165) is 10.0 Å². The first-order valence-electron chi connectivity index (χ1n) is 3.75. The van der Waals surface area contributed by atoms with Gasteiger partial charge in [0.05, 0.1) is 5.60 Å². The van der Waals surface area contributed by atoms with Gasteiger partial charge in [-0.2, -0.15) is 0 Å². The third kappa shape index (κ3) is 3.27. The van der Waals surface area contributed by atoms with Crippen LogP contribution < -0.4 is 5.73 Å². The van der Waals surface area contributed by atoms with E-state index in [-0.39, 0.29) is 19.0 Å². The normalized spacial score (nSPS) is 14.5. The van der Waals surface area contributed by atoms with Gasteiger partial charge in [-0.3, -0.25) is 0 Å². The second-order valence-electron chi connectivity index (χ2n) is 2.98. The van der Waals surface area contributed by atoms with E-state index in [1.54, 1.807) is 6.92 Å². The van der Waals surface area contributed by atoms with Crippen LogP contribution in [-0.2, 0) is 5.60 Å². The summed E-state index contributed by atoms with van der Waals surface area (Å²) in [6, 6.07) is 7.49. The van der Waals surface area contributed by atoms with Gasteiger partial charge in [0.25, 0.3) is 0 Å². The van der Waals surface area contributed by atoms with Gasteiger partial charge in [-0.1, -0.05) is 28.1 Å². The van der Waals surface area contributed by atoms with Crippen molar-refractivity contribution in [2.75, 3.05) is 6.54 Å². The smallest absolute Gasteiger partial charge is 0.0990 e. The summed E-state index contributed by atoms with van der Waals surface area (Å²) in [5.74, 6) is 0. The van der Waals surface area contributed by atoms with Crippen molar-refractivity contribution in [2.45, 2.75) is 12.5 Å². The zero-order valence-electron chi connectivity index (χ0n) is 7.33. The molecule has 0 aliphatic heterocycles. The van der Waals surface area contributed by atoms with Crippen LogP contribution in [0.4, 0.5) is 0 Å². The first-order chi connectivity index (χ1) is 5.56. The van der Waals surface area contributed by atoms with Crippen LogP contribution >= 0.6 is 28.3 Å². The Balaban J connectivity index is 0.00000144. The third-order valence-corrected chi connectivity index (χ3v) is 2.39. The van der Waals surface area contributed by atoms with Gasteiger partial charge in [0.1, 0.15) is 0 Å². The molecule has 0 saturated carbocycles. The van der Waals surface area contributed by atoms with E-state index in [4.69, 9.17) is 5.73 Å². The Kier molecular flexibility index (Phi) is 4.92. The van der Waals surface area contributed by atoms with Crippen molar-refractivity contribution in [3.63, 3.8) is 0 Å². The average Bonchev–Trinajstić information content (AvgIpc) is 2.05. The van der Waals surface area contributed by atoms with Crippen LogP contribution in [0.2, 0.25) is 0 Å². The second kappa shape index (κ2) is 4.96. The number of rotatable bonds is 2. The quantitative estimate of drug-likeness (QED) is 0.860. The van der Waals surface area contributed by atoms with Gasteiger partial charge < -0.3 is 10.8 Å². The predicted molar refractivity (Wildman–Crippen MR) is 60.0 cm³/mol. The molecule has 0 spiro atoms. The lowest BCUT2D eigenvalue weighted by Crippen LogP contribution is -2.31. The highest BCUT2D eigenvalue weighted by molar-refractivity contribution is 9.10. The Morgan fingerprint density at radius 1 is 1.38 bits per heavy atom. The molecule has 1 aromatic carbocycles. The lowest BCUT2D eigenvalue weighted by Gasteiger charge is -2.21. The average molecular weight is 267 g/mol. The first-order valence-corrected chi connectivity index (χ1v) is 4.54. The molecule has 2 nitrogen and oxygen atoms in total. The van der Waals surface area contributed by atoms with E-state index < -0.39 is 5.60 Å². The van der Waals surface area contributed by atoms with E-state index in [2.05, 4.69) is 15.9 Å². The third-order valence-electron chi connectivity index (χ3n) is 1.86. The Bertz CT molecular complexity index is 261. The maximum Gasteiger partial charge on any atom is 0.0990 e. The van der Waals surface area contributed by atoms with Gasteiger partial charge in [-0.15, -0.1) is 12.4 Å². The molecule has 0 saturated heterocycles. The van der Waals surface area contributed by atoms with E-state index in [0.29, 0.717) is 0 Å². The summed E-state index contributed by atoms with van der Waals surface area (Å²) < 4.78 is 0.999. The Hall–Kier alpha value is -0.0900. The molecule has 0 aromatic heterocycles. The molecule has 0 aliphatic carbocycles. The molecule has 0 fully saturated rings. The van der Waals surface area contributed by atoms with E-state index in [1.165, 1.54) is 0 Å². The molecular weight excluding hydrogens is 253 g/mol. The lowest BCUT2D eigenvalue weighted by atomic mass is 9.97. The monoisotopic (exact) mass is 265 g/mol. The Morgan fingerprint density at radius 2 is 1.85 bits per heavy atom. The highest BCUT2D eigenvalue weighted by atomic mass is 79.9. The summed E-state index contributed by atoms with van der Waals surface area (Å²) in [5, 5.41) is 9.75. The fraction of sp³-hybridized carbons (Fsp3) is 0.333. The predicted octanol–water partition coefficient (Wildman–Crippen LogP) is 2.04. The van der Waals surface area contributed by atoms with Crippen LogP contribution in [0.25, 0.3) is 0 Å². The van der Waals surface area contributed by atoms with E-state index in [1.807, 2.05) is 24.3 Å². The number of benzene rings is 1. The Labute approximate surface area is 92.7 Å². The van der Waals surface area contributed by atoms with Crippen LogP contribution in [0.15, 0.2) is 28.7 Å². The van der Waals surface area contributed by atoms with Gasteiger partial charge in [0, 0.05) is 11.0 Å². The molecule has 0 bridgehead atoms. The fourth-order valence-corrected chi connectivity index (χ4v) is 1.19. The Morgan fingerprint density at radius 3 is 2.23 bits per heavy atom. The van der Waals surface area contributed by atoms with Crippen molar-refractivity contribution in [3.8, 4) is 0 Å². The summed E-state index contributed by atoms with van der Waals surface area (Å²) >= 11 is 3.32. The highest BCUT2D eigenvalue weighted by Gasteiger charge is 2.19. The molecule has 0 heterocycles. The molecule has 1 unspecified atom stereocenters. The van der Waals surface area contributed by atoms with Crippen molar-refractivity contribution in [2.24, 2.45) is 5.73 Å². The second-order valence-corrected chi connectivity index (χ2v) is 3.90. The summed E-state index contributed by atoms with van der Waals surface area (Å²) in [7, 11) is 0. The van der Waals surface area contributed by atoms with Crippen molar-refractivity contribution in [3.05, 3.63) is 34.3 Å². The molecule has 0 radical (unpaired) electrons. The first kappa shape index (κ1) is 12.9. The SMILES string of the molecule is CC(O)(CN)c1ccc(Br)cc1.Cl. The summed E-state index contributed by atoms with van der Waals surface area (Å²) in [5.41, 5.74) is 5.34. The number of nitrogens with two attached hydrogens (primary N) is 1. The topological polar surface area (TPSA) is 46.2 Å². The zero-order chi connectivity index (χ0) is 9.19. The molecule has 13 heavy (non-hydrogen) atoms. The number of hydrogen-bond donors (Lipinski definition) is 2. The highest BCUT2D eigenvalue weighted by Crippen LogP contribution is 2.20. The molecule has 1 atom stereocenters. The van der Waals surface area contributed by atoms with E-state index >= 15 is 0 Å². The van der Waals surface area contributed by atoms with Gasteiger partial charge >= 0.3 is 0 Å². The molecule has 0 aliphatic rings. The van der Waals surface area contributed by atoms with Crippen LogP contribution in [-0.4, -0.2) is 11.7 Å². The minimum absolute atomic E-state index is 0. The molecule has 1 aromatic rings. The van der Waals surface area contributed by atoms with Gasteiger partial charge in [-0.05, 0) is 24.6 Å². The van der Waals surface area contributed by atoms with Gasteiger partial charge in [0.2, 0.25) is 0 Å². The van der Waals surface area contributed by atoms with Crippen LogP contribution in [0.5, 0.6) is 0 Å². The molecule has 0 amide bonds. The summed E-state index contributed by atoms with van der Waals surface area (Å²) in [6.45, 7) is 1.94. The fourth-order valence-electron chi connectivity index (χ4n) is 0.927. The molecule has 3 N–H and O–H groups in total. The number of halogens is 2. The zero-order valence-corrected chi connectivity index (χ0v) is 9.73. The lowest BCUT2D eigenvalue weighted by molar-refractivity contribution is 0.0668. The summed E-state index contributed by atoms with van der Waals surface area (Å²) in [4.78, 5) is 0. The summed E-state index contributed by atoms with van der Waals surface area (Å²) in [6.07, 6.45) is 0. The van der Waals surface area contributed by atoms with Crippen LogP contribution in [0, 0.1) is 0 Å². The maximum absolute atomic E-state index is 9.75. The standard InChI is InChI=1S/C9H12BrNO.ClH/c1-9(12,6-11)7-2-4-8(10)5-3-7;/h2-5,12H,6,11H2,1H3;1H. The van der Waals surface area contributed by atoms with Gasteiger partial charge in [-0.25, -0.2) is 0 Å². The molecule has 1 rings (SSSR count). The molecule has 4 heteroatoms. The van der Waals surface area contributed by atoms with Crippen molar-refractivity contribution >= 4 is 28.3 Å². The number of aliphatic hydroxyl groups is 1. The van der Waals surface area contributed by atoms with Gasteiger partial charge in [0.15, 0.2) is 0 Å². The largest absolute Gasteiger partial charge is 0.384 e. The minimum Gasteiger partial charge on any atom is -0.384 e. The minimum atomic E-state index is -0.916. The molecule has 74 valence electrons. The number of hydrogen-bond acceptors (Lipinski definition) is 2. The van der Waals surface area contributed by atoms with Crippen molar-refractivity contribution in [1.82, 2.24) is 0 Å². The van der Waals surface area contributed by atoms with Crippen LogP contribution in [0.1, 0.15) is 12.5 Å². The molecular formula is C9H13BrClNO. The van der Waals surface area contributed by atoms with Crippen molar-refractivity contribution < 1.29 is 5.11 Å². The maximum atomic E-state index is 9.75. The van der Waals surface area contributed by atoms with Crippen molar-refractivity contribution in [1.29, 1.82) is 0 Å². The van der Waals surface area contributed by atoms with Crippen LogP contribution in [0.3, 0.4) is 0 Å².